The van der Waals surface area contributed by atoms with E-state index in [1.807, 2.05) is 0 Å². The molecule has 0 unspecified atom stereocenters. The zero-order chi connectivity index (χ0) is 11.8. The molecule has 0 saturated heterocycles. The van der Waals surface area contributed by atoms with Crippen LogP contribution in [0, 0.1) is 0 Å². The summed E-state index contributed by atoms with van der Waals surface area (Å²) >= 11 is 0.986. The van der Waals surface area contributed by atoms with Crippen molar-refractivity contribution in [2.75, 3.05) is 5.73 Å². The van der Waals surface area contributed by atoms with Crippen molar-refractivity contribution < 1.29 is 13.2 Å². The minimum absolute atomic E-state index is 0.0849. The van der Waals surface area contributed by atoms with Crippen LogP contribution < -0.4 is 5.73 Å². The summed E-state index contributed by atoms with van der Waals surface area (Å²) in [5.74, 6) is 0.0849. The van der Waals surface area contributed by atoms with Crippen LogP contribution in [0.5, 0.6) is 0 Å². The lowest BCUT2D eigenvalue weighted by molar-refractivity contribution is -0.137. The number of hydrogen-bond acceptors (Lipinski definition) is 5. The second kappa shape index (κ2) is 3.71. The Morgan fingerprint density at radius 3 is 2.44 bits per heavy atom. The standard InChI is InChI=1S/C8H5F3N4S/c9-8(10,11)4-1-2-5(13-3-4)6-14-7(12)15-16-6/h1-3H,(H2,12,15). The largest absolute Gasteiger partial charge is 0.417 e. The van der Waals surface area contributed by atoms with Crippen LogP contribution >= 0.6 is 11.5 Å². The maximum atomic E-state index is 12.2. The van der Waals surface area contributed by atoms with Gasteiger partial charge in [-0.25, -0.2) is 0 Å². The van der Waals surface area contributed by atoms with Gasteiger partial charge in [0, 0.05) is 6.20 Å². The highest BCUT2D eigenvalue weighted by atomic mass is 32.1. The molecular weight excluding hydrogens is 241 g/mol. The lowest BCUT2D eigenvalue weighted by Gasteiger charge is -2.05. The van der Waals surface area contributed by atoms with Crippen LogP contribution in [0.25, 0.3) is 10.7 Å². The normalized spacial score (nSPS) is 11.7. The Kier molecular flexibility index (Phi) is 2.50. The molecule has 2 rings (SSSR count). The minimum atomic E-state index is -4.38. The third-order valence-electron chi connectivity index (χ3n) is 1.75. The first kappa shape index (κ1) is 10.8. The summed E-state index contributed by atoms with van der Waals surface area (Å²) in [6.07, 6.45) is -3.63. The summed E-state index contributed by atoms with van der Waals surface area (Å²) in [6, 6.07) is 2.18. The molecule has 0 atom stereocenters. The first-order chi connectivity index (χ1) is 7.47. The SMILES string of the molecule is Nc1nsc(-c2ccc(C(F)(F)F)cn2)n1. The molecular formula is C8H5F3N4S. The molecule has 0 aromatic carbocycles. The fourth-order valence-electron chi connectivity index (χ4n) is 1.03. The number of nitrogen functional groups attached to an aromatic ring is 1. The lowest BCUT2D eigenvalue weighted by atomic mass is 10.2. The van der Waals surface area contributed by atoms with E-state index in [1.165, 1.54) is 6.07 Å². The number of nitrogens with two attached hydrogens (primary N) is 1. The van der Waals surface area contributed by atoms with Gasteiger partial charge in [0.1, 0.15) is 5.69 Å². The summed E-state index contributed by atoms with van der Waals surface area (Å²) in [5, 5.41) is 0.395. The number of pyridine rings is 1. The Bertz CT molecular complexity index is 491. The molecule has 0 saturated carbocycles. The van der Waals surface area contributed by atoms with Crippen LogP contribution in [0.2, 0.25) is 0 Å². The minimum Gasteiger partial charge on any atom is -0.367 e. The van der Waals surface area contributed by atoms with Gasteiger partial charge in [-0.3, -0.25) is 4.98 Å². The molecule has 0 amide bonds. The highest BCUT2D eigenvalue weighted by Gasteiger charge is 2.30. The Morgan fingerprint density at radius 2 is 2.00 bits per heavy atom. The van der Waals surface area contributed by atoms with Crippen LogP contribution in [0.4, 0.5) is 19.1 Å². The molecule has 2 aromatic rings. The van der Waals surface area contributed by atoms with Gasteiger partial charge in [-0.2, -0.15) is 22.5 Å². The smallest absolute Gasteiger partial charge is 0.367 e. The zero-order valence-electron chi connectivity index (χ0n) is 7.69. The topological polar surface area (TPSA) is 64.7 Å². The molecule has 0 fully saturated rings. The molecule has 0 aliphatic heterocycles. The van der Waals surface area contributed by atoms with Crippen LogP contribution in [0.3, 0.4) is 0 Å². The van der Waals surface area contributed by atoms with Gasteiger partial charge in [0.15, 0.2) is 5.01 Å². The zero-order valence-corrected chi connectivity index (χ0v) is 8.51. The Labute approximate surface area is 92.1 Å². The number of rotatable bonds is 1. The maximum absolute atomic E-state index is 12.2. The van der Waals surface area contributed by atoms with Gasteiger partial charge in [-0.05, 0) is 23.7 Å². The maximum Gasteiger partial charge on any atom is 0.417 e. The molecule has 0 aliphatic rings. The highest BCUT2D eigenvalue weighted by molar-refractivity contribution is 7.09. The van der Waals surface area contributed by atoms with Gasteiger partial charge in [0.25, 0.3) is 0 Å². The van der Waals surface area contributed by atoms with Crippen molar-refractivity contribution in [1.29, 1.82) is 0 Å². The first-order valence-corrected chi connectivity index (χ1v) is 4.87. The molecule has 2 heterocycles. The van der Waals surface area contributed by atoms with E-state index in [0.717, 1.165) is 23.8 Å². The van der Waals surface area contributed by atoms with E-state index >= 15 is 0 Å². The lowest BCUT2D eigenvalue weighted by Crippen LogP contribution is -2.05. The summed E-state index contributed by atoms with van der Waals surface area (Å²) in [5.41, 5.74) is 4.82. The molecule has 4 nitrogen and oxygen atoms in total. The van der Waals surface area contributed by atoms with Crippen molar-refractivity contribution in [1.82, 2.24) is 14.3 Å². The van der Waals surface area contributed by atoms with Crippen molar-refractivity contribution in [3.05, 3.63) is 23.9 Å². The molecule has 2 N–H and O–H groups in total. The summed E-state index contributed by atoms with van der Waals surface area (Å²) < 4.78 is 40.4. The second-order valence-corrected chi connectivity index (χ2v) is 3.64. The van der Waals surface area contributed by atoms with Crippen LogP contribution in [-0.2, 0) is 6.18 Å². The van der Waals surface area contributed by atoms with Gasteiger partial charge >= 0.3 is 6.18 Å². The monoisotopic (exact) mass is 246 g/mol. The van der Waals surface area contributed by atoms with Crippen molar-refractivity contribution >= 4 is 17.5 Å². The number of nitrogens with zero attached hydrogens (tertiary/aromatic N) is 3. The molecule has 0 spiro atoms. The number of hydrogen-bond donors (Lipinski definition) is 1. The van der Waals surface area contributed by atoms with Gasteiger partial charge in [0.2, 0.25) is 5.95 Å². The van der Waals surface area contributed by atoms with Crippen LogP contribution in [0.1, 0.15) is 5.56 Å². The highest BCUT2D eigenvalue weighted by Crippen LogP contribution is 2.29. The van der Waals surface area contributed by atoms with E-state index < -0.39 is 11.7 Å². The Morgan fingerprint density at radius 1 is 1.25 bits per heavy atom. The quantitative estimate of drug-likeness (QED) is 0.837. The fourth-order valence-corrected chi connectivity index (χ4v) is 1.60. The van der Waals surface area contributed by atoms with E-state index in [4.69, 9.17) is 5.73 Å². The number of halogens is 3. The van der Waals surface area contributed by atoms with E-state index in [0.29, 0.717) is 10.7 Å². The number of anilines is 1. The van der Waals surface area contributed by atoms with E-state index in [1.54, 1.807) is 0 Å². The van der Waals surface area contributed by atoms with E-state index in [9.17, 15) is 13.2 Å². The molecule has 84 valence electrons. The van der Waals surface area contributed by atoms with Crippen molar-refractivity contribution in [3.8, 4) is 10.7 Å². The van der Waals surface area contributed by atoms with Crippen LogP contribution in [0.15, 0.2) is 18.3 Å². The second-order valence-electron chi connectivity index (χ2n) is 2.89. The van der Waals surface area contributed by atoms with Gasteiger partial charge in [-0.1, -0.05) is 0 Å². The molecule has 16 heavy (non-hydrogen) atoms. The number of alkyl halides is 3. The molecule has 0 radical (unpaired) electrons. The molecule has 2 aromatic heterocycles. The summed E-state index contributed by atoms with van der Waals surface area (Å²) in [6.45, 7) is 0. The Balaban J connectivity index is 2.33. The molecule has 0 bridgehead atoms. The average molecular weight is 246 g/mol. The fraction of sp³-hybridized carbons (Fsp3) is 0.125. The van der Waals surface area contributed by atoms with Gasteiger partial charge in [-0.15, -0.1) is 0 Å². The van der Waals surface area contributed by atoms with Crippen LogP contribution in [-0.4, -0.2) is 14.3 Å². The van der Waals surface area contributed by atoms with E-state index in [2.05, 4.69) is 14.3 Å². The molecule has 0 aliphatic carbocycles. The first-order valence-electron chi connectivity index (χ1n) is 4.09. The van der Waals surface area contributed by atoms with Crippen molar-refractivity contribution in [2.45, 2.75) is 6.18 Å². The summed E-state index contributed by atoms with van der Waals surface area (Å²) in [4.78, 5) is 7.48. The average Bonchev–Trinajstić information content (AvgIpc) is 2.64. The Hall–Kier alpha value is -1.70. The van der Waals surface area contributed by atoms with Gasteiger partial charge in [0.05, 0.1) is 5.56 Å². The number of aromatic nitrogens is 3. The third kappa shape index (κ3) is 2.11. The van der Waals surface area contributed by atoms with Crippen molar-refractivity contribution in [3.63, 3.8) is 0 Å². The molecule has 8 heteroatoms. The predicted molar refractivity (Wildman–Crippen MR) is 52.6 cm³/mol. The third-order valence-corrected chi connectivity index (χ3v) is 2.50. The summed E-state index contributed by atoms with van der Waals surface area (Å²) in [7, 11) is 0. The van der Waals surface area contributed by atoms with E-state index in [-0.39, 0.29) is 5.95 Å². The van der Waals surface area contributed by atoms with Gasteiger partial charge < -0.3 is 5.73 Å². The predicted octanol–water partition coefficient (Wildman–Crippen LogP) is 2.20. The van der Waals surface area contributed by atoms with Crippen molar-refractivity contribution in [2.24, 2.45) is 0 Å².